The molecule has 148 valence electrons. The molecule has 29 heavy (non-hydrogen) atoms. The summed E-state index contributed by atoms with van der Waals surface area (Å²) in [7, 11) is 1.61. The quantitative estimate of drug-likeness (QED) is 0.312. The lowest BCUT2D eigenvalue weighted by atomic mass is 10.2. The number of methoxy groups -OCH3 is 1. The number of amides is 1. The highest BCUT2D eigenvalue weighted by molar-refractivity contribution is 9.10. The molecule has 2 aromatic carbocycles. The van der Waals surface area contributed by atoms with Crippen LogP contribution in [0.25, 0.3) is 21.6 Å². The lowest BCUT2D eigenvalue weighted by Crippen LogP contribution is -2.16. The monoisotopic (exact) mass is 490 g/mol. The molecule has 1 amide bonds. The number of nitrogen functional groups attached to an aromatic ring is 1. The molecule has 0 aliphatic rings. The number of halogens is 1. The number of anilines is 1. The largest absolute Gasteiger partial charge is 0.497 e. The van der Waals surface area contributed by atoms with E-state index in [0.717, 1.165) is 26.0 Å². The van der Waals surface area contributed by atoms with E-state index in [4.69, 9.17) is 10.6 Å². The number of hydrogen-bond acceptors (Lipinski definition) is 8. The highest BCUT2D eigenvalue weighted by Gasteiger charge is 2.16. The average molecular weight is 491 g/mol. The van der Waals surface area contributed by atoms with E-state index in [9.17, 15) is 4.79 Å². The first-order valence-corrected chi connectivity index (χ1v) is 11.0. The first kappa shape index (κ1) is 19.7. The Balaban J connectivity index is 1.42. The van der Waals surface area contributed by atoms with Crippen LogP contribution in [0.5, 0.6) is 5.75 Å². The predicted octanol–water partition coefficient (Wildman–Crippen LogP) is 3.77. The number of ether oxygens (including phenoxy) is 1. The van der Waals surface area contributed by atoms with Crippen LogP contribution < -0.4 is 15.9 Å². The molecule has 0 saturated heterocycles. The summed E-state index contributed by atoms with van der Waals surface area (Å²) in [6.45, 7) is 0. The number of carbonyl (C=O) groups is 1. The summed E-state index contributed by atoms with van der Waals surface area (Å²) in [5.74, 6) is 7.31. The number of nitrogens with zero attached hydrogens (tertiary/aromatic N) is 4. The fraction of sp³-hybridized carbons (Fsp3) is 0.111. The molecule has 8 nitrogen and oxygen atoms in total. The SMILES string of the molecule is COc1ccc2nc(NC(=O)CSc3nnc(-c4ccccc4Br)n3N)sc2c1. The molecule has 2 aromatic heterocycles. The Morgan fingerprint density at radius 1 is 1.31 bits per heavy atom. The molecular weight excluding hydrogens is 476 g/mol. The predicted molar refractivity (Wildman–Crippen MR) is 119 cm³/mol. The van der Waals surface area contributed by atoms with Gasteiger partial charge in [-0.2, -0.15) is 0 Å². The van der Waals surface area contributed by atoms with Gasteiger partial charge in [0, 0.05) is 10.0 Å². The van der Waals surface area contributed by atoms with Crippen molar-refractivity contribution in [2.24, 2.45) is 0 Å². The summed E-state index contributed by atoms with van der Waals surface area (Å²) < 4.78 is 8.39. The van der Waals surface area contributed by atoms with Crippen molar-refractivity contribution in [1.82, 2.24) is 19.9 Å². The number of carbonyl (C=O) groups excluding carboxylic acids is 1. The molecule has 3 N–H and O–H groups in total. The van der Waals surface area contributed by atoms with Gasteiger partial charge in [-0.05, 0) is 30.3 Å². The first-order valence-electron chi connectivity index (χ1n) is 8.38. The zero-order chi connectivity index (χ0) is 20.4. The number of nitrogens with one attached hydrogen (secondary N) is 1. The van der Waals surface area contributed by atoms with Crippen LogP contribution in [0.3, 0.4) is 0 Å². The summed E-state index contributed by atoms with van der Waals surface area (Å²) in [4.78, 5) is 16.7. The van der Waals surface area contributed by atoms with Gasteiger partial charge in [-0.3, -0.25) is 4.79 Å². The smallest absolute Gasteiger partial charge is 0.236 e. The van der Waals surface area contributed by atoms with Crippen molar-refractivity contribution in [3.05, 3.63) is 46.9 Å². The van der Waals surface area contributed by atoms with Gasteiger partial charge < -0.3 is 15.9 Å². The lowest BCUT2D eigenvalue weighted by molar-refractivity contribution is -0.113. The summed E-state index contributed by atoms with van der Waals surface area (Å²) in [6.07, 6.45) is 0. The molecule has 4 aromatic rings. The Kier molecular flexibility index (Phi) is 5.69. The van der Waals surface area contributed by atoms with Crippen molar-refractivity contribution in [1.29, 1.82) is 0 Å². The first-order chi connectivity index (χ1) is 14.0. The van der Waals surface area contributed by atoms with E-state index in [0.29, 0.717) is 16.1 Å². The van der Waals surface area contributed by atoms with Crippen LogP contribution in [-0.4, -0.2) is 38.6 Å². The number of aromatic nitrogens is 4. The number of hydrogen-bond donors (Lipinski definition) is 2. The van der Waals surface area contributed by atoms with Crippen molar-refractivity contribution < 1.29 is 9.53 Å². The van der Waals surface area contributed by atoms with Gasteiger partial charge >= 0.3 is 0 Å². The summed E-state index contributed by atoms with van der Waals surface area (Å²) >= 11 is 6.07. The van der Waals surface area contributed by atoms with E-state index in [1.54, 1.807) is 7.11 Å². The molecule has 0 spiro atoms. The van der Waals surface area contributed by atoms with E-state index >= 15 is 0 Å². The number of nitrogens with two attached hydrogens (primary N) is 1. The number of thioether (sulfide) groups is 1. The van der Waals surface area contributed by atoms with Crippen LogP contribution in [0.4, 0.5) is 5.13 Å². The van der Waals surface area contributed by atoms with Crippen molar-refractivity contribution in [2.75, 3.05) is 24.0 Å². The van der Waals surface area contributed by atoms with Crippen LogP contribution in [0.2, 0.25) is 0 Å². The Morgan fingerprint density at radius 3 is 2.93 bits per heavy atom. The van der Waals surface area contributed by atoms with Gasteiger partial charge in [0.05, 0.1) is 23.1 Å². The molecule has 0 radical (unpaired) electrons. The van der Waals surface area contributed by atoms with Gasteiger partial charge in [0.1, 0.15) is 5.75 Å². The van der Waals surface area contributed by atoms with Gasteiger partial charge in [0.15, 0.2) is 11.0 Å². The highest BCUT2D eigenvalue weighted by atomic mass is 79.9. The lowest BCUT2D eigenvalue weighted by Gasteiger charge is -2.05. The summed E-state index contributed by atoms with van der Waals surface area (Å²) in [5, 5.41) is 12.0. The number of thiazole rings is 1. The van der Waals surface area contributed by atoms with Crippen molar-refractivity contribution >= 4 is 60.3 Å². The number of rotatable bonds is 6. The molecule has 4 rings (SSSR count). The standard InChI is InChI=1S/C18H15BrN6O2S2/c1-27-10-6-7-13-14(8-10)29-17(21-13)22-15(26)9-28-18-24-23-16(25(18)20)11-4-2-3-5-12(11)19/h2-8H,9,20H2,1H3,(H,21,22,26). The minimum atomic E-state index is -0.202. The van der Waals surface area contributed by atoms with E-state index in [1.807, 2.05) is 42.5 Å². The van der Waals surface area contributed by atoms with Crippen LogP contribution >= 0.6 is 39.0 Å². The maximum Gasteiger partial charge on any atom is 0.236 e. The van der Waals surface area contributed by atoms with Crippen molar-refractivity contribution in [2.45, 2.75) is 5.16 Å². The molecular formula is C18H15BrN6O2S2. The van der Waals surface area contributed by atoms with Crippen molar-refractivity contribution in [3.8, 4) is 17.1 Å². The third kappa shape index (κ3) is 4.21. The third-order valence-electron chi connectivity index (χ3n) is 3.95. The maximum atomic E-state index is 12.3. The fourth-order valence-electron chi connectivity index (χ4n) is 2.57. The van der Waals surface area contributed by atoms with Gasteiger partial charge in [-0.15, -0.1) is 10.2 Å². The summed E-state index contributed by atoms with van der Waals surface area (Å²) in [6, 6.07) is 13.2. The van der Waals surface area contributed by atoms with E-state index < -0.39 is 0 Å². The van der Waals surface area contributed by atoms with Crippen LogP contribution in [0.1, 0.15) is 0 Å². The zero-order valence-corrected chi connectivity index (χ0v) is 18.3. The molecule has 0 aliphatic heterocycles. The second kappa shape index (κ2) is 8.39. The molecule has 0 atom stereocenters. The second-order valence-corrected chi connectivity index (χ2v) is 8.67. The number of benzene rings is 2. The highest BCUT2D eigenvalue weighted by Crippen LogP contribution is 2.30. The zero-order valence-electron chi connectivity index (χ0n) is 15.1. The van der Waals surface area contributed by atoms with Crippen molar-refractivity contribution in [3.63, 3.8) is 0 Å². The Morgan fingerprint density at radius 2 is 2.14 bits per heavy atom. The molecule has 2 heterocycles. The summed E-state index contributed by atoms with van der Waals surface area (Å²) in [5.41, 5.74) is 1.63. The average Bonchev–Trinajstić information content (AvgIpc) is 3.28. The number of fused-ring (bicyclic) bond motifs is 1. The fourth-order valence-corrected chi connectivity index (χ4v) is 4.60. The Bertz CT molecular complexity index is 1190. The molecule has 0 fully saturated rings. The van der Waals surface area contributed by atoms with Gasteiger partial charge in [-0.25, -0.2) is 9.66 Å². The van der Waals surface area contributed by atoms with Crippen LogP contribution in [0, 0.1) is 0 Å². The van der Waals surface area contributed by atoms with E-state index in [-0.39, 0.29) is 11.7 Å². The maximum absolute atomic E-state index is 12.3. The van der Waals surface area contributed by atoms with Crippen LogP contribution in [0.15, 0.2) is 52.1 Å². The minimum absolute atomic E-state index is 0.130. The van der Waals surface area contributed by atoms with E-state index in [2.05, 4.69) is 36.4 Å². The van der Waals surface area contributed by atoms with Crippen LogP contribution in [-0.2, 0) is 4.79 Å². The molecule has 11 heteroatoms. The minimum Gasteiger partial charge on any atom is -0.497 e. The second-order valence-electron chi connectivity index (χ2n) is 5.85. The van der Waals surface area contributed by atoms with Gasteiger partial charge in [0.25, 0.3) is 0 Å². The topological polar surface area (TPSA) is 108 Å². The molecule has 0 saturated carbocycles. The van der Waals surface area contributed by atoms with Gasteiger partial charge in [-0.1, -0.05) is 51.2 Å². The molecule has 0 bridgehead atoms. The Labute approximate surface area is 182 Å². The normalized spacial score (nSPS) is 11.0. The molecule has 0 unspecified atom stereocenters. The van der Waals surface area contributed by atoms with Gasteiger partial charge in [0.2, 0.25) is 11.1 Å². The van der Waals surface area contributed by atoms with E-state index in [1.165, 1.54) is 27.8 Å². The third-order valence-corrected chi connectivity index (χ3v) is 6.52. The Hall–Kier alpha value is -2.63. The molecule has 0 aliphatic carbocycles.